The Hall–Kier alpha value is -8.44. The Morgan fingerprint density at radius 3 is 1.76 bits per heavy atom. The number of carbonyl (C=O) groups is 4. The Morgan fingerprint density at radius 1 is 0.771 bits per heavy atom. The van der Waals surface area contributed by atoms with E-state index >= 15 is 0 Å². The number of carbonyl (C=O) groups excluding carboxylic acids is 4. The summed E-state index contributed by atoms with van der Waals surface area (Å²) in [5.41, 5.74) is 15.3. The summed E-state index contributed by atoms with van der Waals surface area (Å²) >= 11 is 0. The van der Waals surface area contributed by atoms with Gasteiger partial charge in [-0.15, -0.1) is 12.8 Å². The molecular weight excluding hydrogens is 1040 g/mol. The number of aldehydes is 2. The molecule has 83 heavy (non-hydrogen) atoms. The van der Waals surface area contributed by atoms with Gasteiger partial charge in [-0.1, -0.05) is 124 Å². The van der Waals surface area contributed by atoms with Crippen molar-refractivity contribution in [3.05, 3.63) is 182 Å². The minimum atomic E-state index is 0.375. The van der Waals surface area contributed by atoms with E-state index in [-0.39, 0.29) is 0 Å². The number of likely N-dealkylation sites (N-methyl/N-ethyl adjacent to an activating group) is 1. The average Bonchev–Trinajstić information content (AvgIpc) is 4.39. The molecule has 0 amide bonds. The van der Waals surface area contributed by atoms with Crippen LogP contribution in [0.3, 0.4) is 0 Å². The molecule has 3 aromatic heterocycles. The third kappa shape index (κ3) is 38.8. The molecule has 0 saturated heterocycles. The first kappa shape index (κ1) is 78.8. The van der Waals surface area contributed by atoms with Crippen molar-refractivity contribution in [1.82, 2.24) is 49.5 Å². The quantitative estimate of drug-likeness (QED) is 0.0163. The monoisotopic (exact) mass is 1140 g/mol. The van der Waals surface area contributed by atoms with Crippen molar-refractivity contribution in [2.75, 3.05) is 82.7 Å². The number of H-pyrrole nitrogens is 1. The van der Waals surface area contributed by atoms with E-state index in [0.29, 0.717) is 32.3 Å². The fourth-order valence-corrected chi connectivity index (χ4v) is 7.12. The van der Waals surface area contributed by atoms with Crippen molar-refractivity contribution in [2.45, 2.75) is 72.0 Å². The molecule has 0 aliphatic rings. The number of nitrogens with one attached hydrogen (secondary N) is 3. The van der Waals surface area contributed by atoms with E-state index in [1.807, 2.05) is 85.3 Å². The fourth-order valence-electron chi connectivity index (χ4n) is 7.12. The van der Waals surface area contributed by atoms with E-state index in [4.69, 9.17) is 9.59 Å². The number of aromatic amines is 1. The maximum atomic E-state index is 10.2. The first-order valence-electron chi connectivity index (χ1n) is 27.0. The Morgan fingerprint density at radius 2 is 1.27 bits per heavy atom. The highest BCUT2D eigenvalue weighted by Gasteiger charge is 2.08. The summed E-state index contributed by atoms with van der Waals surface area (Å²) in [5.74, 6) is 0.999. The lowest BCUT2D eigenvalue weighted by atomic mass is 10.0. The summed E-state index contributed by atoms with van der Waals surface area (Å²) in [5, 5.41) is 6.26. The fraction of sp³-hybridized carbons (Fsp3) is 0.354. The summed E-state index contributed by atoms with van der Waals surface area (Å²) in [7, 11) is 14.1. The van der Waals surface area contributed by atoms with Gasteiger partial charge < -0.3 is 59.2 Å². The molecule has 0 atom stereocenters. The van der Waals surface area contributed by atoms with Crippen molar-refractivity contribution in [3.63, 3.8) is 0 Å². The first-order chi connectivity index (χ1) is 40.4. The van der Waals surface area contributed by atoms with Crippen LogP contribution in [0.5, 0.6) is 0 Å². The first-order valence-corrected chi connectivity index (χ1v) is 27.0. The molecule has 0 aliphatic heterocycles. The largest absolute Gasteiger partial charge is 0.471 e. The second-order valence-electron chi connectivity index (χ2n) is 17.6. The standard InChI is InChI=1S/C29H40N6.C13H14N2O.C13H16N2O.C2H7N.C2H4O2.C2H6O.C2H2.CH5N.CH2O/c1-6-17-34(4)19-16-31-27(20-30-3)25-12-8-23(9-13-25)24-10-14-26(15-11-24)28-21-32-29(33-28)22-35(5)18-7-2;16-8-4-7-13-10-15(11-14-13)9-12-5-2-1-3-6-12;1-3-4-6-12(2)9-15-10-13(14-11-15)7-5-8-16;1-3-2;1-4-2-3;1-3-2;3*1-2/h8-15,20-21,31H,3,6-7,16-19,22H2,1-2,4-5H3,(H,32,33);1-3,5-6,8,10-11H,4,7,9H2;3-4,6,8,10-11H,1-2,5,7,9H2;3H,1-2H3;2H,1H3;1-2H3;1-2H;2H2,1H3;1H2/b27-20-;;6-4-;;;;;;. The van der Waals surface area contributed by atoms with Gasteiger partial charge in [0.25, 0.3) is 6.47 Å². The minimum Gasteiger partial charge on any atom is -0.471 e. The van der Waals surface area contributed by atoms with Crippen LogP contribution >= 0.6 is 0 Å². The number of rotatable bonds is 27. The maximum absolute atomic E-state index is 10.2. The number of allylic oxidation sites excluding steroid dienone is 4. The van der Waals surface area contributed by atoms with Gasteiger partial charge in [-0.2, -0.15) is 0 Å². The van der Waals surface area contributed by atoms with Gasteiger partial charge in [-0.25, -0.2) is 15.0 Å². The van der Waals surface area contributed by atoms with Crippen LogP contribution in [0, 0.1) is 12.8 Å². The number of nitrogens with zero attached hydrogens (tertiary/aromatic N) is 8. The third-order valence-corrected chi connectivity index (χ3v) is 10.6. The molecule has 18 heteroatoms. The van der Waals surface area contributed by atoms with Gasteiger partial charge >= 0.3 is 0 Å². The summed E-state index contributed by atoms with van der Waals surface area (Å²) < 4.78 is 12.1. The second-order valence-corrected chi connectivity index (χ2v) is 17.6. The topological polar surface area (TPSA) is 220 Å². The number of hydrogen-bond donors (Lipinski definition) is 4. The smallest absolute Gasteiger partial charge is 0.292 e. The molecule has 0 radical (unpaired) electrons. The van der Waals surface area contributed by atoms with Crippen LogP contribution in [-0.2, 0) is 61.1 Å². The van der Waals surface area contributed by atoms with Gasteiger partial charge in [0.05, 0.1) is 55.3 Å². The highest BCUT2D eigenvalue weighted by molar-refractivity contribution is 5.72. The molecule has 5 N–H and O–H groups in total. The van der Waals surface area contributed by atoms with Crippen LogP contribution in [0.1, 0.15) is 67.9 Å². The number of nitrogens with two attached hydrogens (primary N) is 1. The Bertz CT molecular complexity index is 2620. The second kappa shape index (κ2) is 55.5. The predicted octanol–water partition coefficient (Wildman–Crippen LogP) is 9.42. The van der Waals surface area contributed by atoms with Crippen LogP contribution < -0.4 is 16.4 Å². The van der Waals surface area contributed by atoms with E-state index in [1.54, 1.807) is 32.8 Å². The summed E-state index contributed by atoms with van der Waals surface area (Å²) in [6, 6.07) is 27.5. The Kier molecular flexibility index (Phi) is 52.7. The molecule has 0 spiro atoms. The van der Waals surface area contributed by atoms with Crippen LogP contribution in [0.25, 0.3) is 28.1 Å². The van der Waals surface area contributed by atoms with Gasteiger partial charge in [0, 0.05) is 71.8 Å². The number of terminal acetylenes is 1. The van der Waals surface area contributed by atoms with Crippen molar-refractivity contribution in [2.24, 2.45) is 10.7 Å². The summed E-state index contributed by atoms with van der Waals surface area (Å²) in [6.07, 6.45) is 31.3. The van der Waals surface area contributed by atoms with Crippen LogP contribution in [0.15, 0.2) is 158 Å². The molecule has 0 saturated carbocycles. The molecule has 3 heterocycles. The molecule has 6 aromatic rings. The van der Waals surface area contributed by atoms with Crippen LogP contribution in [0.4, 0.5) is 0 Å². The highest BCUT2D eigenvalue weighted by atomic mass is 16.5. The zero-order valence-electron chi connectivity index (χ0n) is 51.2. The summed E-state index contributed by atoms with van der Waals surface area (Å²) in [6.45, 7) is 24.3. The van der Waals surface area contributed by atoms with E-state index in [1.165, 1.54) is 30.8 Å². The van der Waals surface area contributed by atoms with Crippen LogP contribution in [0.2, 0.25) is 0 Å². The maximum Gasteiger partial charge on any atom is 0.292 e. The number of aromatic nitrogens is 6. The van der Waals surface area contributed by atoms with Gasteiger partial charge in [0.2, 0.25) is 0 Å². The number of hydrogen-bond acceptors (Lipinski definition) is 15. The van der Waals surface area contributed by atoms with Crippen molar-refractivity contribution in [1.29, 1.82) is 0 Å². The lowest BCUT2D eigenvalue weighted by Crippen LogP contribution is -2.29. The molecule has 6 rings (SSSR count). The van der Waals surface area contributed by atoms with Gasteiger partial charge in [0.15, 0.2) is 0 Å². The molecule has 0 bridgehead atoms. The normalized spacial score (nSPS) is 9.84. The number of benzene rings is 3. The minimum absolute atomic E-state index is 0.375. The SMILES string of the molecule is C#C.C=C/C=C\C(=C)Cn1cnc(CCC=O)c1.C=N/C=C(\NCCN(C)CCC)c1ccc(-c2ccc(-c3cnc(CN(C)CCC)[nH]3)cc2)cc1.C=O.CN.CNC.COC.COC=O.O=CCCc1cn(Cc2ccccc2)cn1. The molecule has 18 nitrogen and oxygen atoms in total. The van der Waals surface area contributed by atoms with E-state index < -0.39 is 0 Å². The Labute approximate surface area is 496 Å². The van der Waals surface area contributed by atoms with Crippen molar-refractivity contribution < 1.29 is 28.7 Å². The van der Waals surface area contributed by atoms with Crippen LogP contribution in [-0.4, -0.2) is 154 Å². The van der Waals surface area contributed by atoms with E-state index in [9.17, 15) is 9.59 Å². The molecule has 0 fully saturated rings. The van der Waals surface area contributed by atoms with E-state index in [0.717, 1.165) is 116 Å². The molecular formula is C65H96N12O6. The zero-order chi connectivity index (χ0) is 62.9. The number of aryl methyl sites for hydroxylation is 2. The van der Waals surface area contributed by atoms with E-state index in [2.05, 4.69) is 182 Å². The lowest BCUT2D eigenvalue weighted by molar-refractivity contribution is -0.126. The summed E-state index contributed by atoms with van der Waals surface area (Å²) in [4.78, 5) is 62.5. The number of imidazole rings is 3. The molecule has 452 valence electrons. The van der Waals surface area contributed by atoms with Crippen molar-refractivity contribution >= 4 is 38.2 Å². The third-order valence-electron chi connectivity index (χ3n) is 10.6. The molecule has 0 aliphatic carbocycles. The molecule has 0 unspecified atom stereocenters. The van der Waals surface area contributed by atoms with Gasteiger partial charge in [-0.3, -0.25) is 14.7 Å². The zero-order valence-corrected chi connectivity index (χ0v) is 51.2. The molecule has 3 aromatic carbocycles. The average molecular weight is 1140 g/mol. The predicted molar refractivity (Wildman–Crippen MR) is 345 cm³/mol. The number of ether oxygens (including phenoxy) is 2. The number of methoxy groups -OCH3 is 2. The highest BCUT2D eigenvalue weighted by Crippen LogP contribution is 2.26. The van der Waals surface area contributed by atoms with Gasteiger partial charge in [-0.05, 0) is 114 Å². The van der Waals surface area contributed by atoms with Gasteiger partial charge in [0.1, 0.15) is 25.2 Å². The Balaban J connectivity index is -0.00000111. The van der Waals surface area contributed by atoms with Crippen molar-refractivity contribution in [3.8, 4) is 35.2 Å². The lowest BCUT2D eigenvalue weighted by Gasteiger charge is -2.17. The number of aliphatic imine (C=N–C) groups is 1.